The van der Waals surface area contributed by atoms with E-state index >= 15 is 0 Å². The largest absolute Gasteiger partial charge is 0.287 e. The summed E-state index contributed by atoms with van der Waals surface area (Å²) in [6.07, 6.45) is -1.63. The Hall–Kier alpha value is -2.70. The van der Waals surface area contributed by atoms with Gasteiger partial charge in [0.25, 0.3) is 12.1 Å². The minimum absolute atomic E-state index is 0.00301. The minimum atomic E-state index is -2.99. The maximum atomic E-state index is 13.0. The van der Waals surface area contributed by atoms with Crippen molar-refractivity contribution in [2.24, 2.45) is 0 Å². The number of ketones is 1. The first kappa shape index (κ1) is 13.7. The molecule has 1 aromatic carbocycles. The van der Waals surface area contributed by atoms with Crippen LogP contribution in [0, 0.1) is 10.1 Å². The second kappa shape index (κ2) is 5.52. The molecule has 0 atom stereocenters. The van der Waals surface area contributed by atoms with E-state index < -0.39 is 28.4 Å². The van der Waals surface area contributed by atoms with Crippen molar-refractivity contribution in [1.82, 2.24) is 4.98 Å². The topological polar surface area (TPSA) is 73.1 Å². The third-order valence-corrected chi connectivity index (χ3v) is 2.62. The fraction of sp³-hybridized carbons (Fsp3) is 0.0769. The summed E-state index contributed by atoms with van der Waals surface area (Å²) < 4.78 is 25.9. The van der Waals surface area contributed by atoms with E-state index in [2.05, 4.69) is 4.98 Å². The zero-order valence-electron chi connectivity index (χ0n) is 9.99. The molecule has 0 saturated heterocycles. The van der Waals surface area contributed by atoms with E-state index in [4.69, 9.17) is 0 Å². The fourth-order valence-corrected chi connectivity index (χ4v) is 1.69. The number of halogens is 2. The lowest BCUT2D eigenvalue weighted by Gasteiger charge is -2.07. The molecule has 0 spiro atoms. The number of alkyl halides is 2. The van der Waals surface area contributed by atoms with Gasteiger partial charge in [0, 0.05) is 29.5 Å². The molecular weight excluding hydrogens is 270 g/mol. The maximum absolute atomic E-state index is 13.0. The molecule has 0 aliphatic carbocycles. The number of carbonyl (C=O) groups is 1. The Morgan fingerprint density at radius 3 is 2.55 bits per heavy atom. The first-order chi connectivity index (χ1) is 9.50. The lowest BCUT2D eigenvalue weighted by Crippen LogP contribution is -2.08. The van der Waals surface area contributed by atoms with Gasteiger partial charge in [-0.25, -0.2) is 8.78 Å². The van der Waals surface area contributed by atoms with Gasteiger partial charge in [0.15, 0.2) is 0 Å². The molecule has 2 aromatic rings. The Morgan fingerprint density at radius 1 is 1.25 bits per heavy atom. The highest BCUT2D eigenvalue weighted by atomic mass is 19.3. The van der Waals surface area contributed by atoms with E-state index in [1.807, 2.05) is 0 Å². The fourth-order valence-electron chi connectivity index (χ4n) is 1.69. The van der Waals surface area contributed by atoms with Crippen molar-refractivity contribution < 1.29 is 18.5 Å². The van der Waals surface area contributed by atoms with Crippen molar-refractivity contribution in [1.29, 1.82) is 0 Å². The molecule has 0 N–H and O–H groups in total. The number of aromatic nitrogens is 1. The molecule has 2 rings (SSSR count). The van der Waals surface area contributed by atoms with Crippen LogP contribution >= 0.6 is 0 Å². The normalized spacial score (nSPS) is 10.6. The number of nitro benzene ring substituents is 1. The summed E-state index contributed by atoms with van der Waals surface area (Å²) in [6, 6.07) is 7.27. The zero-order valence-corrected chi connectivity index (χ0v) is 9.99. The smallest absolute Gasteiger partial charge is 0.269 e. The van der Waals surface area contributed by atoms with Crippen LogP contribution in [0.15, 0.2) is 42.6 Å². The van der Waals surface area contributed by atoms with Crippen molar-refractivity contribution in [3.8, 4) is 0 Å². The van der Waals surface area contributed by atoms with Crippen LogP contribution in [0.5, 0.6) is 0 Å². The average molecular weight is 278 g/mol. The Morgan fingerprint density at radius 2 is 2.00 bits per heavy atom. The molecule has 1 aromatic heterocycles. The standard InChI is InChI=1S/C13H8F2N2O3/c14-13(15)10-7-8(17(19)20)4-5-9(10)12(18)11-3-1-2-6-16-11/h1-7,13H. The summed E-state index contributed by atoms with van der Waals surface area (Å²) in [5.41, 5.74) is -1.44. The van der Waals surface area contributed by atoms with Crippen LogP contribution in [-0.2, 0) is 0 Å². The number of rotatable bonds is 4. The number of benzene rings is 1. The summed E-state index contributed by atoms with van der Waals surface area (Å²) in [5, 5.41) is 10.6. The highest BCUT2D eigenvalue weighted by Gasteiger charge is 2.23. The van der Waals surface area contributed by atoms with Gasteiger partial charge in [-0.1, -0.05) is 6.07 Å². The molecule has 0 fully saturated rings. The quantitative estimate of drug-likeness (QED) is 0.489. The SMILES string of the molecule is O=C(c1ccccn1)c1ccc([N+](=O)[O-])cc1C(F)F. The van der Waals surface area contributed by atoms with Gasteiger partial charge in [-0.2, -0.15) is 0 Å². The zero-order chi connectivity index (χ0) is 14.7. The van der Waals surface area contributed by atoms with Gasteiger partial charge < -0.3 is 0 Å². The second-order valence-corrected chi connectivity index (χ2v) is 3.87. The summed E-state index contributed by atoms with van der Waals surface area (Å²) in [4.78, 5) is 25.7. The van der Waals surface area contributed by atoms with Gasteiger partial charge in [0.1, 0.15) is 5.69 Å². The third-order valence-electron chi connectivity index (χ3n) is 2.62. The highest BCUT2D eigenvalue weighted by molar-refractivity contribution is 6.08. The third kappa shape index (κ3) is 2.66. The lowest BCUT2D eigenvalue weighted by molar-refractivity contribution is -0.385. The molecular formula is C13H8F2N2O3. The van der Waals surface area contributed by atoms with Gasteiger partial charge in [-0.05, 0) is 18.2 Å². The van der Waals surface area contributed by atoms with Crippen molar-refractivity contribution in [3.63, 3.8) is 0 Å². The van der Waals surface area contributed by atoms with E-state index in [9.17, 15) is 23.7 Å². The van der Waals surface area contributed by atoms with Gasteiger partial charge in [-0.3, -0.25) is 19.9 Å². The van der Waals surface area contributed by atoms with Gasteiger partial charge in [0.2, 0.25) is 5.78 Å². The molecule has 7 heteroatoms. The lowest BCUT2D eigenvalue weighted by atomic mass is 10.0. The highest BCUT2D eigenvalue weighted by Crippen LogP contribution is 2.28. The number of hydrogen-bond acceptors (Lipinski definition) is 4. The number of nitrogens with zero attached hydrogens (tertiary/aromatic N) is 2. The Balaban J connectivity index is 2.51. The van der Waals surface area contributed by atoms with Crippen LogP contribution < -0.4 is 0 Å². The number of carbonyl (C=O) groups excluding carboxylic acids is 1. The monoisotopic (exact) mass is 278 g/mol. The van der Waals surface area contributed by atoms with Gasteiger partial charge in [0.05, 0.1) is 4.92 Å². The van der Waals surface area contributed by atoms with Crippen molar-refractivity contribution in [2.75, 3.05) is 0 Å². The van der Waals surface area contributed by atoms with E-state index in [0.29, 0.717) is 6.07 Å². The van der Waals surface area contributed by atoms with Crippen molar-refractivity contribution in [2.45, 2.75) is 6.43 Å². The Labute approximate surface area is 112 Å². The predicted octanol–water partition coefficient (Wildman–Crippen LogP) is 3.16. The Kier molecular flexibility index (Phi) is 3.79. The summed E-state index contributed by atoms with van der Waals surface area (Å²) in [7, 11) is 0. The van der Waals surface area contributed by atoms with E-state index in [0.717, 1.165) is 12.1 Å². The van der Waals surface area contributed by atoms with Crippen LogP contribution in [0.1, 0.15) is 28.0 Å². The van der Waals surface area contributed by atoms with Gasteiger partial charge >= 0.3 is 0 Å². The molecule has 5 nitrogen and oxygen atoms in total. The molecule has 102 valence electrons. The molecule has 0 saturated carbocycles. The predicted molar refractivity (Wildman–Crippen MR) is 65.7 cm³/mol. The summed E-state index contributed by atoms with van der Waals surface area (Å²) >= 11 is 0. The molecule has 0 amide bonds. The molecule has 0 aliphatic heterocycles. The van der Waals surface area contributed by atoms with Crippen LogP contribution in [0.25, 0.3) is 0 Å². The molecule has 0 aliphatic rings. The van der Waals surface area contributed by atoms with Crippen LogP contribution in [0.2, 0.25) is 0 Å². The molecule has 0 unspecified atom stereocenters. The number of nitro groups is 1. The van der Waals surface area contributed by atoms with Crippen LogP contribution in [0.3, 0.4) is 0 Å². The number of hydrogen-bond donors (Lipinski definition) is 0. The van der Waals surface area contributed by atoms with Crippen molar-refractivity contribution >= 4 is 11.5 Å². The van der Waals surface area contributed by atoms with E-state index in [-0.39, 0.29) is 11.3 Å². The number of pyridine rings is 1. The van der Waals surface area contributed by atoms with Crippen molar-refractivity contribution in [3.05, 3.63) is 69.5 Å². The van der Waals surface area contributed by atoms with Crippen LogP contribution in [0.4, 0.5) is 14.5 Å². The number of non-ortho nitro benzene ring substituents is 1. The van der Waals surface area contributed by atoms with E-state index in [1.165, 1.54) is 12.3 Å². The molecule has 0 radical (unpaired) electrons. The maximum Gasteiger partial charge on any atom is 0.269 e. The molecule has 1 heterocycles. The van der Waals surface area contributed by atoms with Crippen LogP contribution in [-0.4, -0.2) is 15.7 Å². The second-order valence-electron chi connectivity index (χ2n) is 3.87. The first-order valence-corrected chi connectivity index (χ1v) is 5.53. The average Bonchev–Trinajstić information content (AvgIpc) is 2.46. The molecule has 20 heavy (non-hydrogen) atoms. The Bertz CT molecular complexity index is 660. The summed E-state index contributed by atoms with van der Waals surface area (Å²) in [6.45, 7) is 0. The minimum Gasteiger partial charge on any atom is -0.287 e. The van der Waals surface area contributed by atoms with Gasteiger partial charge in [-0.15, -0.1) is 0 Å². The first-order valence-electron chi connectivity index (χ1n) is 5.53. The van der Waals surface area contributed by atoms with E-state index in [1.54, 1.807) is 12.1 Å². The summed E-state index contributed by atoms with van der Waals surface area (Å²) in [5.74, 6) is -0.698. The molecule has 0 bridgehead atoms.